The molecule has 0 spiro atoms. The third kappa shape index (κ3) is 3.31. The van der Waals surface area contributed by atoms with E-state index in [4.69, 9.17) is 15.4 Å². The molecule has 0 saturated carbocycles. The fraction of sp³-hybridized carbons (Fsp3) is 0.462. The van der Waals surface area contributed by atoms with Gasteiger partial charge in [-0.05, 0) is 43.0 Å². The van der Waals surface area contributed by atoms with E-state index in [1.165, 1.54) is 12.1 Å². The standard InChI is InChI=1S/C13H16ClNO4S/c1-8-5-6-19-12(8)13(16)15-10-3-4-11(9(2)7-10)20(14,17)18/h3-4,7-8,12H,5-6H2,1-2H3,(H,15,16). The normalized spacial score (nSPS) is 22.8. The number of amides is 1. The van der Waals surface area contributed by atoms with E-state index in [9.17, 15) is 13.2 Å². The van der Waals surface area contributed by atoms with E-state index in [1.807, 2.05) is 6.92 Å². The smallest absolute Gasteiger partial charge is 0.261 e. The summed E-state index contributed by atoms with van der Waals surface area (Å²) < 4.78 is 28.0. The molecule has 2 unspecified atom stereocenters. The summed E-state index contributed by atoms with van der Waals surface area (Å²) in [6, 6.07) is 4.47. The molecular weight excluding hydrogens is 302 g/mol. The highest BCUT2D eigenvalue weighted by molar-refractivity contribution is 8.13. The van der Waals surface area contributed by atoms with Gasteiger partial charge in [-0.3, -0.25) is 4.79 Å². The SMILES string of the molecule is Cc1cc(NC(=O)C2OCCC2C)ccc1S(=O)(=O)Cl. The minimum atomic E-state index is -3.77. The van der Waals surface area contributed by atoms with Crippen molar-refractivity contribution in [3.8, 4) is 0 Å². The zero-order chi connectivity index (χ0) is 14.9. The average molecular weight is 318 g/mol. The number of carbonyl (C=O) groups is 1. The van der Waals surface area contributed by atoms with E-state index in [0.717, 1.165) is 6.42 Å². The summed E-state index contributed by atoms with van der Waals surface area (Å²) in [5.74, 6) is -0.0329. The first-order chi connectivity index (χ1) is 9.29. The van der Waals surface area contributed by atoms with Crippen molar-refractivity contribution in [2.24, 2.45) is 5.92 Å². The van der Waals surface area contributed by atoms with E-state index in [-0.39, 0.29) is 16.7 Å². The van der Waals surface area contributed by atoms with Crippen LogP contribution in [0.3, 0.4) is 0 Å². The van der Waals surface area contributed by atoms with Gasteiger partial charge in [-0.15, -0.1) is 0 Å². The molecule has 0 bridgehead atoms. The second-order valence-corrected chi connectivity index (χ2v) is 7.50. The predicted molar refractivity (Wildman–Crippen MR) is 76.4 cm³/mol. The van der Waals surface area contributed by atoms with Crippen molar-refractivity contribution >= 4 is 31.3 Å². The van der Waals surface area contributed by atoms with Gasteiger partial charge in [-0.1, -0.05) is 6.92 Å². The third-order valence-corrected chi connectivity index (χ3v) is 4.83. The molecule has 0 aromatic heterocycles. The van der Waals surface area contributed by atoms with Crippen molar-refractivity contribution in [1.82, 2.24) is 0 Å². The summed E-state index contributed by atoms with van der Waals surface area (Å²) >= 11 is 0. The fourth-order valence-corrected chi connectivity index (χ4v) is 3.44. The van der Waals surface area contributed by atoms with Crippen molar-refractivity contribution in [3.05, 3.63) is 23.8 Å². The van der Waals surface area contributed by atoms with Gasteiger partial charge in [0.1, 0.15) is 6.10 Å². The van der Waals surface area contributed by atoms with Crippen LogP contribution in [0.4, 0.5) is 5.69 Å². The Bertz CT molecular complexity index is 629. The molecular formula is C13H16ClNO4S. The molecule has 1 saturated heterocycles. The first kappa shape index (κ1) is 15.3. The molecule has 1 aliphatic heterocycles. The van der Waals surface area contributed by atoms with E-state index in [0.29, 0.717) is 17.9 Å². The molecule has 0 aliphatic carbocycles. The molecule has 2 atom stereocenters. The van der Waals surface area contributed by atoms with Crippen LogP contribution in [0.15, 0.2) is 23.1 Å². The molecule has 1 fully saturated rings. The summed E-state index contributed by atoms with van der Waals surface area (Å²) in [6.45, 7) is 4.17. The van der Waals surface area contributed by atoms with E-state index < -0.39 is 15.2 Å². The summed E-state index contributed by atoms with van der Waals surface area (Å²) in [5, 5.41) is 2.73. The fourth-order valence-electron chi connectivity index (χ4n) is 2.24. The van der Waals surface area contributed by atoms with Gasteiger partial charge in [0.05, 0.1) is 4.90 Å². The van der Waals surface area contributed by atoms with Crippen LogP contribution in [0, 0.1) is 12.8 Å². The number of aryl methyl sites for hydroxylation is 1. The summed E-state index contributed by atoms with van der Waals surface area (Å²) in [6.07, 6.45) is 0.410. The number of halogens is 1. The van der Waals surface area contributed by atoms with E-state index in [2.05, 4.69) is 5.32 Å². The van der Waals surface area contributed by atoms with Crippen molar-refractivity contribution in [2.75, 3.05) is 11.9 Å². The maximum absolute atomic E-state index is 12.0. The molecule has 7 heteroatoms. The number of anilines is 1. The van der Waals surface area contributed by atoms with Gasteiger partial charge in [-0.25, -0.2) is 8.42 Å². The molecule has 1 aromatic rings. The number of benzene rings is 1. The predicted octanol–water partition coefficient (Wildman–Crippen LogP) is 2.29. The Balaban J connectivity index is 2.15. The maximum Gasteiger partial charge on any atom is 0.261 e. The topological polar surface area (TPSA) is 72.5 Å². The Hall–Kier alpha value is -1.11. The Labute approximate surface area is 122 Å². The van der Waals surface area contributed by atoms with Crippen LogP contribution in [0.2, 0.25) is 0 Å². The highest BCUT2D eigenvalue weighted by Crippen LogP contribution is 2.25. The first-order valence-corrected chi connectivity index (χ1v) is 8.58. The third-order valence-electron chi connectivity index (χ3n) is 3.35. The van der Waals surface area contributed by atoms with Gasteiger partial charge in [0, 0.05) is 23.0 Å². The number of ether oxygens (including phenoxy) is 1. The monoisotopic (exact) mass is 317 g/mol. The minimum absolute atomic E-state index is 0.0441. The quantitative estimate of drug-likeness (QED) is 0.868. The lowest BCUT2D eigenvalue weighted by atomic mass is 10.0. The Morgan fingerprint density at radius 3 is 2.65 bits per heavy atom. The maximum atomic E-state index is 12.0. The molecule has 1 heterocycles. The zero-order valence-corrected chi connectivity index (χ0v) is 12.8. The highest BCUT2D eigenvalue weighted by atomic mass is 35.7. The van der Waals surface area contributed by atoms with Gasteiger partial charge >= 0.3 is 0 Å². The Morgan fingerprint density at radius 1 is 1.45 bits per heavy atom. The van der Waals surface area contributed by atoms with Crippen molar-refractivity contribution in [2.45, 2.75) is 31.3 Å². The van der Waals surface area contributed by atoms with Gasteiger partial charge in [0.15, 0.2) is 0 Å². The molecule has 1 amide bonds. The van der Waals surface area contributed by atoms with Gasteiger partial charge in [0.25, 0.3) is 15.0 Å². The van der Waals surface area contributed by atoms with Crippen LogP contribution >= 0.6 is 10.7 Å². The molecule has 0 radical (unpaired) electrons. The lowest BCUT2D eigenvalue weighted by molar-refractivity contribution is -0.126. The minimum Gasteiger partial charge on any atom is -0.368 e. The molecule has 5 nitrogen and oxygen atoms in total. The summed E-state index contributed by atoms with van der Waals surface area (Å²) in [4.78, 5) is 12.1. The largest absolute Gasteiger partial charge is 0.368 e. The van der Waals surface area contributed by atoms with E-state index >= 15 is 0 Å². The second-order valence-electron chi connectivity index (χ2n) is 4.96. The summed E-state index contributed by atoms with van der Waals surface area (Å²) in [5.41, 5.74) is 1.01. The number of rotatable bonds is 3. The zero-order valence-electron chi connectivity index (χ0n) is 11.2. The van der Waals surface area contributed by atoms with E-state index in [1.54, 1.807) is 13.0 Å². The Kier molecular flexibility index (Phi) is 4.36. The van der Waals surface area contributed by atoms with Crippen LogP contribution in [0.1, 0.15) is 18.9 Å². The first-order valence-electron chi connectivity index (χ1n) is 6.27. The Morgan fingerprint density at radius 2 is 2.15 bits per heavy atom. The van der Waals surface area contributed by atoms with Crippen molar-refractivity contribution < 1.29 is 17.9 Å². The number of hydrogen-bond donors (Lipinski definition) is 1. The molecule has 2 rings (SSSR count). The molecule has 20 heavy (non-hydrogen) atoms. The molecule has 110 valence electrons. The van der Waals surface area contributed by atoms with Crippen LogP contribution in [0.25, 0.3) is 0 Å². The average Bonchev–Trinajstić information content (AvgIpc) is 2.73. The second kappa shape index (κ2) is 5.71. The van der Waals surface area contributed by atoms with Crippen LogP contribution in [-0.4, -0.2) is 27.0 Å². The van der Waals surface area contributed by atoms with Gasteiger partial charge in [-0.2, -0.15) is 0 Å². The lowest BCUT2D eigenvalue weighted by Crippen LogP contribution is -2.31. The number of nitrogens with one attached hydrogen (secondary N) is 1. The van der Waals surface area contributed by atoms with Crippen molar-refractivity contribution in [3.63, 3.8) is 0 Å². The molecule has 1 N–H and O–H groups in total. The van der Waals surface area contributed by atoms with Crippen LogP contribution < -0.4 is 5.32 Å². The van der Waals surface area contributed by atoms with Crippen molar-refractivity contribution in [1.29, 1.82) is 0 Å². The number of carbonyl (C=O) groups excluding carboxylic acids is 1. The van der Waals surface area contributed by atoms with Gasteiger partial charge in [0.2, 0.25) is 0 Å². The van der Waals surface area contributed by atoms with Gasteiger partial charge < -0.3 is 10.1 Å². The molecule has 1 aliphatic rings. The lowest BCUT2D eigenvalue weighted by Gasteiger charge is -2.15. The molecule has 1 aromatic carbocycles. The highest BCUT2D eigenvalue weighted by Gasteiger charge is 2.30. The van der Waals surface area contributed by atoms with Crippen LogP contribution in [-0.2, 0) is 18.6 Å². The van der Waals surface area contributed by atoms with Crippen LogP contribution in [0.5, 0.6) is 0 Å². The number of hydrogen-bond acceptors (Lipinski definition) is 4. The summed E-state index contributed by atoms with van der Waals surface area (Å²) in [7, 11) is 1.54.